The summed E-state index contributed by atoms with van der Waals surface area (Å²) < 4.78 is 0. The number of anilines is 1. The monoisotopic (exact) mass is 332 g/mol. The number of benzene rings is 2. The number of nitriles is 1. The van der Waals surface area contributed by atoms with E-state index in [0.717, 1.165) is 0 Å². The highest BCUT2D eigenvalue weighted by atomic mass is 16.6. The summed E-state index contributed by atoms with van der Waals surface area (Å²) in [6.45, 7) is 1.69. The van der Waals surface area contributed by atoms with E-state index in [0.29, 0.717) is 22.0 Å². The zero-order valence-corrected chi connectivity index (χ0v) is 13.2. The van der Waals surface area contributed by atoms with Crippen LogP contribution in [0, 0.1) is 28.4 Å². The van der Waals surface area contributed by atoms with Crippen LogP contribution in [0.2, 0.25) is 0 Å². The van der Waals surface area contributed by atoms with Crippen LogP contribution < -0.4 is 5.32 Å². The van der Waals surface area contributed by atoms with Crippen molar-refractivity contribution in [3.8, 4) is 6.07 Å². The number of aromatic nitrogens is 1. The van der Waals surface area contributed by atoms with E-state index in [2.05, 4.69) is 10.3 Å². The van der Waals surface area contributed by atoms with E-state index in [4.69, 9.17) is 0 Å². The predicted molar refractivity (Wildman–Crippen MR) is 92.2 cm³/mol. The maximum absolute atomic E-state index is 12.5. The second-order valence-corrected chi connectivity index (χ2v) is 5.39. The van der Waals surface area contributed by atoms with E-state index in [9.17, 15) is 20.2 Å². The quantitative estimate of drug-likeness (QED) is 0.582. The minimum Gasteiger partial charge on any atom is -0.320 e. The van der Waals surface area contributed by atoms with Gasteiger partial charge in [0.1, 0.15) is 6.07 Å². The van der Waals surface area contributed by atoms with E-state index in [1.807, 2.05) is 6.07 Å². The maximum Gasteiger partial charge on any atom is 0.270 e. The second kappa shape index (κ2) is 6.37. The number of aryl methyl sites for hydroxylation is 1. The van der Waals surface area contributed by atoms with E-state index < -0.39 is 10.8 Å². The van der Waals surface area contributed by atoms with Crippen LogP contribution in [0.5, 0.6) is 0 Å². The van der Waals surface area contributed by atoms with Gasteiger partial charge in [-0.1, -0.05) is 18.2 Å². The molecular formula is C18H12N4O3. The highest BCUT2D eigenvalue weighted by Crippen LogP contribution is 2.31. The molecule has 122 valence electrons. The molecule has 2 aromatic carbocycles. The van der Waals surface area contributed by atoms with Gasteiger partial charge in [0.25, 0.3) is 11.6 Å². The molecule has 7 heteroatoms. The molecule has 3 aromatic rings. The van der Waals surface area contributed by atoms with E-state index in [1.165, 1.54) is 18.3 Å². The van der Waals surface area contributed by atoms with Gasteiger partial charge in [0.15, 0.2) is 0 Å². The number of pyridine rings is 1. The number of hydrogen-bond acceptors (Lipinski definition) is 5. The Morgan fingerprint density at radius 1 is 1.28 bits per heavy atom. The molecule has 0 bridgehead atoms. The van der Waals surface area contributed by atoms with Crippen molar-refractivity contribution in [1.29, 1.82) is 5.26 Å². The number of nitrogens with zero attached hydrogens (tertiary/aromatic N) is 3. The third-order valence-electron chi connectivity index (χ3n) is 3.75. The summed E-state index contributed by atoms with van der Waals surface area (Å²) in [6.07, 6.45) is 1.35. The molecule has 0 unspecified atom stereocenters. The SMILES string of the molecule is Cc1cc([N+](=O)[O-])cc2c(NC(=O)c3ccccc3)c(C#N)cnc12. The van der Waals surface area contributed by atoms with Crippen molar-refractivity contribution in [1.82, 2.24) is 4.98 Å². The fraction of sp³-hybridized carbons (Fsp3) is 0.0556. The Morgan fingerprint density at radius 2 is 2.00 bits per heavy atom. The third-order valence-corrected chi connectivity index (χ3v) is 3.75. The van der Waals surface area contributed by atoms with Crippen molar-refractivity contribution < 1.29 is 9.72 Å². The molecule has 1 amide bonds. The van der Waals surface area contributed by atoms with Crippen molar-refractivity contribution in [2.24, 2.45) is 0 Å². The van der Waals surface area contributed by atoms with Crippen molar-refractivity contribution >= 4 is 28.2 Å². The van der Waals surface area contributed by atoms with Crippen LogP contribution in [0.4, 0.5) is 11.4 Å². The Kier molecular flexibility index (Phi) is 4.10. The first-order chi connectivity index (χ1) is 12.0. The van der Waals surface area contributed by atoms with Gasteiger partial charge in [-0.15, -0.1) is 0 Å². The Morgan fingerprint density at radius 3 is 2.64 bits per heavy atom. The molecule has 1 heterocycles. The lowest BCUT2D eigenvalue weighted by Crippen LogP contribution is -2.13. The minimum atomic E-state index is -0.520. The van der Waals surface area contributed by atoms with Crippen LogP contribution in [0.15, 0.2) is 48.7 Å². The molecule has 0 saturated carbocycles. The summed E-state index contributed by atoms with van der Waals surface area (Å²) in [5, 5.41) is 23.5. The van der Waals surface area contributed by atoms with Crippen LogP contribution in [-0.4, -0.2) is 15.8 Å². The average molecular weight is 332 g/mol. The number of non-ortho nitro benzene ring substituents is 1. The molecule has 25 heavy (non-hydrogen) atoms. The number of amides is 1. The molecule has 1 aromatic heterocycles. The normalized spacial score (nSPS) is 10.2. The first-order valence-electron chi connectivity index (χ1n) is 7.35. The van der Waals surface area contributed by atoms with E-state index in [1.54, 1.807) is 37.3 Å². The summed E-state index contributed by atoms with van der Waals surface area (Å²) in [5.41, 5.74) is 1.72. The summed E-state index contributed by atoms with van der Waals surface area (Å²) in [7, 11) is 0. The van der Waals surface area contributed by atoms with Crippen LogP contribution >= 0.6 is 0 Å². The second-order valence-electron chi connectivity index (χ2n) is 5.39. The standard InChI is InChI=1S/C18H12N4O3/c1-11-7-14(22(24)25)8-15-16(11)20-10-13(9-19)17(15)21-18(23)12-5-3-2-4-6-12/h2-8,10H,1H3,(H,20,21,23). The van der Waals surface area contributed by atoms with Gasteiger partial charge in [-0.25, -0.2) is 0 Å². The van der Waals surface area contributed by atoms with Gasteiger partial charge in [0.05, 0.1) is 21.7 Å². The first-order valence-corrected chi connectivity index (χ1v) is 7.35. The van der Waals surface area contributed by atoms with Crippen molar-refractivity contribution in [3.63, 3.8) is 0 Å². The molecule has 0 aliphatic carbocycles. The molecule has 0 spiro atoms. The number of nitro groups is 1. The largest absolute Gasteiger partial charge is 0.320 e. The molecule has 3 rings (SSSR count). The molecular weight excluding hydrogens is 320 g/mol. The topological polar surface area (TPSA) is 109 Å². The Bertz CT molecular complexity index is 1040. The number of carbonyl (C=O) groups excluding carboxylic acids is 1. The number of hydrogen-bond donors (Lipinski definition) is 1. The lowest BCUT2D eigenvalue weighted by atomic mass is 10.0. The summed E-state index contributed by atoms with van der Waals surface area (Å²) in [4.78, 5) is 27.3. The van der Waals surface area contributed by atoms with E-state index in [-0.39, 0.29) is 16.9 Å². The highest BCUT2D eigenvalue weighted by molar-refractivity contribution is 6.10. The van der Waals surface area contributed by atoms with Gasteiger partial charge in [0, 0.05) is 29.3 Å². The van der Waals surface area contributed by atoms with Gasteiger partial charge in [0.2, 0.25) is 0 Å². The molecule has 1 N–H and O–H groups in total. The fourth-order valence-corrected chi connectivity index (χ4v) is 2.56. The van der Waals surface area contributed by atoms with Crippen molar-refractivity contribution in [2.45, 2.75) is 6.92 Å². The van der Waals surface area contributed by atoms with Gasteiger partial charge in [-0.05, 0) is 24.6 Å². The summed E-state index contributed by atoms with van der Waals surface area (Å²) >= 11 is 0. The number of carbonyl (C=O) groups is 1. The summed E-state index contributed by atoms with van der Waals surface area (Å²) in [5.74, 6) is -0.409. The number of nitro benzene ring substituents is 1. The number of fused-ring (bicyclic) bond motifs is 1. The molecule has 0 aliphatic heterocycles. The maximum atomic E-state index is 12.5. The van der Waals surface area contributed by atoms with Gasteiger partial charge in [-0.3, -0.25) is 19.9 Å². The van der Waals surface area contributed by atoms with Crippen molar-refractivity contribution in [2.75, 3.05) is 5.32 Å². The minimum absolute atomic E-state index is 0.128. The fourth-order valence-electron chi connectivity index (χ4n) is 2.56. The molecule has 0 saturated heterocycles. The average Bonchev–Trinajstić information content (AvgIpc) is 2.62. The third kappa shape index (κ3) is 3.01. The Balaban J connectivity index is 2.19. The van der Waals surface area contributed by atoms with E-state index >= 15 is 0 Å². The van der Waals surface area contributed by atoms with Crippen molar-refractivity contribution in [3.05, 3.63) is 75.5 Å². The molecule has 0 radical (unpaired) electrons. The van der Waals surface area contributed by atoms with Crippen LogP contribution in [0.3, 0.4) is 0 Å². The van der Waals surface area contributed by atoms with Gasteiger partial charge in [-0.2, -0.15) is 5.26 Å². The predicted octanol–water partition coefficient (Wildman–Crippen LogP) is 3.58. The zero-order valence-electron chi connectivity index (χ0n) is 13.2. The molecule has 0 fully saturated rings. The Labute approximate surface area is 142 Å². The van der Waals surface area contributed by atoms with Gasteiger partial charge >= 0.3 is 0 Å². The van der Waals surface area contributed by atoms with Crippen LogP contribution in [0.1, 0.15) is 21.5 Å². The molecule has 0 aliphatic rings. The highest BCUT2D eigenvalue weighted by Gasteiger charge is 2.18. The first kappa shape index (κ1) is 16.1. The lowest BCUT2D eigenvalue weighted by molar-refractivity contribution is -0.384. The van der Waals surface area contributed by atoms with Gasteiger partial charge < -0.3 is 5.32 Å². The zero-order chi connectivity index (χ0) is 18.0. The number of rotatable bonds is 3. The summed E-state index contributed by atoms with van der Waals surface area (Å²) in [6, 6.07) is 13.2. The van der Waals surface area contributed by atoms with Crippen LogP contribution in [-0.2, 0) is 0 Å². The van der Waals surface area contributed by atoms with Crippen LogP contribution in [0.25, 0.3) is 10.9 Å². The lowest BCUT2D eigenvalue weighted by Gasteiger charge is -2.11. The molecule has 7 nitrogen and oxygen atoms in total. The smallest absolute Gasteiger partial charge is 0.270 e. The Hall–Kier alpha value is -3.79. The molecule has 0 atom stereocenters. The number of nitrogens with one attached hydrogen (secondary N) is 1.